The number of primary amides is 1. The number of carbonyl (C=O) groups excluding carboxylic acids is 3. The van der Waals surface area contributed by atoms with Crippen molar-refractivity contribution in [3.63, 3.8) is 0 Å². The molecule has 3 heterocycles. The monoisotopic (exact) mass is 536 g/mol. The summed E-state index contributed by atoms with van der Waals surface area (Å²) < 4.78 is 24.0. The van der Waals surface area contributed by atoms with E-state index in [1.165, 1.54) is 18.2 Å². The maximum Gasteiger partial charge on any atom is 0.273 e. The summed E-state index contributed by atoms with van der Waals surface area (Å²) in [6.07, 6.45) is 3.20. The number of nitrogens with two attached hydrogens (primary N) is 2. The number of benzene rings is 2. The van der Waals surface area contributed by atoms with Crippen LogP contribution in [0, 0.1) is 5.82 Å². The minimum atomic E-state index is -1.24. The number of nitrogen functional groups attached to an aromatic ring is 1. The Bertz CT molecular complexity index is 1510. The van der Waals surface area contributed by atoms with E-state index in [0.29, 0.717) is 29.1 Å². The number of aromatic amines is 1. The Morgan fingerprint density at radius 2 is 2.05 bits per heavy atom. The molecule has 12 heteroatoms. The third-order valence-corrected chi connectivity index (χ3v) is 7.26. The summed E-state index contributed by atoms with van der Waals surface area (Å²) in [5.41, 5.74) is 12.3. The number of anilines is 2. The number of nitrogens with zero attached hydrogens (tertiary/aromatic N) is 2. The molecule has 196 valence electrons. The molecule has 1 fully saturated rings. The molecule has 0 aliphatic carbocycles. The zero-order chi connectivity index (χ0) is 26.8. The predicted molar refractivity (Wildman–Crippen MR) is 141 cm³/mol. The van der Waals surface area contributed by atoms with E-state index in [2.05, 4.69) is 14.7 Å². The minimum Gasteiger partial charge on any atom is -0.395 e. The van der Waals surface area contributed by atoms with Crippen molar-refractivity contribution in [1.29, 1.82) is 0 Å². The van der Waals surface area contributed by atoms with Crippen molar-refractivity contribution >= 4 is 51.5 Å². The van der Waals surface area contributed by atoms with Gasteiger partial charge in [-0.2, -0.15) is 4.37 Å². The molecule has 0 unspecified atom stereocenters. The smallest absolute Gasteiger partial charge is 0.273 e. The first-order valence-electron chi connectivity index (χ1n) is 11.9. The molecule has 0 saturated carbocycles. The molecule has 0 bridgehead atoms. The van der Waals surface area contributed by atoms with Crippen LogP contribution in [0.5, 0.6) is 0 Å². The maximum atomic E-state index is 14.4. The van der Waals surface area contributed by atoms with Crippen LogP contribution in [-0.4, -0.2) is 46.3 Å². The molecule has 38 heavy (non-hydrogen) atoms. The second-order valence-electron chi connectivity index (χ2n) is 8.87. The molecule has 6 N–H and O–H groups in total. The second-order valence-corrected chi connectivity index (χ2v) is 9.64. The van der Waals surface area contributed by atoms with Gasteiger partial charge in [-0.05, 0) is 48.6 Å². The Labute approximate surface area is 220 Å². The fourth-order valence-electron chi connectivity index (χ4n) is 4.58. The van der Waals surface area contributed by atoms with Crippen LogP contribution in [0.2, 0.25) is 0 Å². The molecule has 5 rings (SSSR count). The molecule has 2 atom stereocenters. The lowest BCUT2D eigenvalue weighted by Crippen LogP contribution is -2.45. The van der Waals surface area contributed by atoms with Gasteiger partial charge in [0.25, 0.3) is 11.8 Å². The van der Waals surface area contributed by atoms with Crippen molar-refractivity contribution in [2.45, 2.75) is 25.0 Å². The van der Waals surface area contributed by atoms with Gasteiger partial charge in [0.2, 0.25) is 5.91 Å². The van der Waals surface area contributed by atoms with Gasteiger partial charge in [-0.1, -0.05) is 24.3 Å². The number of H-pyrrole nitrogens is 1. The lowest BCUT2D eigenvalue weighted by molar-refractivity contribution is -0.123. The van der Waals surface area contributed by atoms with Crippen molar-refractivity contribution in [2.75, 3.05) is 23.8 Å². The third kappa shape index (κ3) is 4.83. The zero-order valence-corrected chi connectivity index (χ0v) is 21.0. The van der Waals surface area contributed by atoms with Crippen LogP contribution in [0.4, 0.5) is 15.8 Å². The van der Waals surface area contributed by atoms with Crippen molar-refractivity contribution in [1.82, 2.24) is 14.7 Å². The van der Waals surface area contributed by atoms with Crippen LogP contribution in [0.3, 0.4) is 0 Å². The molecular weight excluding hydrogens is 511 g/mol. The normalized spacial score (nSPS) is 15.9. The highest BCUT2D eigenvalue weighted by molar-refractivity contribution is 7.09. The number of aromatic nitrogens is 2. The van der Waals surface area contributed by atoms with E-state index in [-0.39, 0.29) is 34.6 Å². The Kier molecular flexibility index (Phi) is 7.07. The highest BCUT2D eigenvalue weighted by Crippen LogP contribution is 2.36. The molecule has 2 aromatic heterocycles. The number of fused-ring (bicyclic) bond motifs is 1. The quantitative estimate of drug-likeness (QED) is 0.271. The molecule has 1 aliphatic heterocycles. The van der Waals surface area contributed by atoms with Gasteiger partial charge in [-0.3, -0.25) is 19.3 Å². The van der Waals surface area contributed by atoms with Gasteiger partial charge in [-0.25, -0.2) is 4.39 Å². The number of para-hydroxylation sites is 1. The van der Waals surface area contributed by atoms with Crippen LogP contribution in [0.1, 0.15) is 44.6 Å². The predicted octanol–water partition coefficient (Wildman–Crippen LogP) is 3.13. The number of hydrogen-bond acceptors (Lipinski definition) is 7. The largest absolute Gasteiger partial charge is 0.395 e. The summed E-state index contributed by atoms with van der Waals surface area (Å²) in [4.78, 5) is 43.9. The number of ether oxygens (including phenoxy) is 1. The average Bonchev–Trinajstić information content (AvgIpc) is 3.65. The molecule has 3 amide bonds. The summed E-state index contributed by atoms with van der Waals surface area (Å²) >= 11 is 0.683. The Morgan fingerprint density at radius 1 is 1.24 bits per heavy atom. The molecule has 4 aromatic rings. The first-order valence-corrected chi connectivity index (χ1v) is 12.7. The second kappa shape index (κ2) is 10.6. The highest BCUT2D eigenvalue weighted by atomic mass is 32.1. The molecule has 1 saturated heterocycles. The zero-order valence-electron chi connectivity index (χ0n) is 20.1. The number of hydrogen-bond donors (Lipinski definition) is 4. The van der Waals surface area contributed by atoms with Gasteiger partial charge in [0, 0.05) is 41.5 Å². The number of rotatable bonds is 8. The molecular formula is C26H25FN6O4S. The lowest BCUT2D eigenvalue weighted by atomic mass is 10.0. The van der Waals surface area contributed by atoms with Crippen LogP contribution >= 0.6 is 11.5 Å². The topological polar surface area (TPSA) is 156 Å². The van der Waals surface area contributed by atoms with E-state index < -0.39 is 29.6 Å². The van der Waals surface area contributed by atoms with Crippen LogP contribution in [-0.2, 0) is 9.53 Å². The number of amides is 3. The van der Waals surface area contributed by atoms with Gasteiger partial charge < -0.3 is 26.5 Å². The van der Waals surface area contributed by atoms with E-state index in [0.717, 1.165) is 29.3 Å². The lowest BCUT2D eigenvalue weighted by Gasteiger charge is -2.31. The Balaban J connectivity index is 1.65. The number of carbonyl (C=O) groups is 3. The molecule has 10 nitrogen and oxygen atoms in total. The Hall–Kier alpha value is -4.29. The van der Waals surface area contributed by atoms with E-state index in [1.807, 2.05) is 24.3 Å². The van der Waals surface area contributed by atoms with E-state index in [9.17, 15) is 18.8 Å². The van der Waals surface area contributed by atoms with Crippen molar-refractivity contribution in [3.05, 3.63) is 76.7 Å². The van der Waals surface area contributed by atoms with Gasteiger partial charge in [0.05, 0.1) is 11.8 Å². The van der Waals surface area contributed by atoms with Crippen molar-refractivity contribution in [2.24, 2.45) is 5.73 Å². The van der Waals surface area contributed by atoms with Crippen LogP contribution < -0.4 is 21.7 Å². The fourth-order valence-corrected chi connectivity index (χ4v) is 5.32. The van der Waals surface area contributed by atoms with E-state index in [4.69, 9.17) is 16.2 Å². The summed E-state index contributed by atoms with van der Waals surface area (Å²) in [5, 5.41) is 3.61. The van der Waals surface area contributed by atoms with Crippen LogP contribution in [0.15, 0.2) is 54.7 Å². The van der Waals surface area contributed by atoms with Gasteiger partial charge in [0.1, 0.15) is 16.7 Å². The fraction of sp³-hybridized carbons (Fsp3) is 0.231. The first-order chi connectivity index (χ1) is 18.3. The summed E-state index contributed by atoms with van der Waals surface area (Å²) in [6, 6.07) is 11.4. The number of halogens is 1. The number of nitrogens with one attached hydrogen (secondary N) is 2. The Morgan fingerprint density at radius 3 is 2.76 bits per heavy atom. The minimum absolute atomic E-state index is 0.0974. The molecule has 0 spiro atoms. The first kappa shape index (κ1) is 25.4. The van der Waals surface area contributed by atoms with Gasteiger partial charge >= 0.3 is 0 Å². The maximum absolute atomic E-state index is 14.4. The van der Waals surface area contributed by atoms with Crippen LogP contribution in [0.25, 0.3) is 10.9 Å². The van der Waals surface area contributed by atoms with E-state index in [1.54, 1.807) is 6.20 Å². The SMILES string of the molecule is NC(=O)c1nsc(C(=O)N(c2cccc(F)c2)[C@@H](C(=O)NC[C@@H]2CCCO2)c2c[nH]c3ccccc23)c1N. The standard InChI is InChI=1S/C26H25FN6O4S/c27-14-5-3-6-15(11-14)33(26(36)23-20(28)21(24(29)34)32-38-23)22(25(35)31-12-16-7-4-10-37-16)18-13-30-19-9-2-1-8-17(18)19/h1-3,5-6,8-9,11,13,16,22,30H,4,7,10,12,28H2,(H2,29,34)(H,31,35)/t16-,22+/m0/s1. The molecule has 1 aliphatic rings. The third-order valence-electron chi connectivity index (χ3n) is 6.41. The molecule has 0 radical (unpaired) electrons. The average molecular weight is 537 g/mol. The molecule has 2 aromatic carbocycles. The van der Waals surface area contributed by atoms with Gasteiger partial charge in [-0.15, -0.1) is 0 Å². The van der Waals surface area contributed by atoms with Gasteiger partial charge in [0.15, 0.2) is 5.69 Å². The summed E-state index contributed by atoms with van der Waals surface area (Å²) in [7, 11) is 0. The summed E-state index contributed by atoms with van der Waals surface area (Å²) in [5.74, 6) is -2.73. The highest BCUT2D eigenvalue weighted by Gasteiger charge is 2.37. The van der Waals surface area contributed by atoms with Crippen molar-refractivity contribution < 1.29 is 23.5 Å². The summed E-state index contributed by atoms with van der Waals surface area (Å²) in [6.45, 7) is 0.866. The van der Waals surface area contributed by atoms with E-state index >= 15 is 0 Å². The van der Waals surface area contributed by atoms with Crippen molar-refractivity contribution in [3.8, 4) is 0 Å².